The number of benzene rings is 2. The SMILES string of the molecule is CCNCc1cc(Br)ccc1Oc1ccc([N+](=O)[O-])cc1. The zero-order chi connectivity index (χ0) is 15.2. The smallest absolute Gasteiger partial charge is 0.269 e. The van der Waals surface area contributed by atoms with Crippen LogP contribution in [0.1, 0.15) is 12.5 Å². The average Bonchev–Trinajstić information content (AvgIpc) is 2.48. The molecule has 0 amide bonds. The molecule has 110 valence electrons. The van der Waals surface area contributed by atoms with Gasteiger partial charge in [-0.05, 0) is 36.9 Å². The maximum Gasteiger partial charge on any atom is 0.269 e. The summed E-state index contributed by atoms with van der Waals surface area (Å²) in [6.07, 6.45) is 0. The fraction of sp³-hybridized carbons (Fsp3) is 0.200. The first-order valence-electron chi connectivity index (χ1n) is 6.51. The Balaban J connectivity index is 2.19. The lowest BCUT2D eigenvalue weighted by molar-refractivity contribution is -0.384. The summed E-state index contributed by atoms with van der Waals surface area (Å²) in [5.41, 5.74) is 1.07. The highest BCUT2D eigenvalue weighted by Gasteiger charge is 2.08. The third-order valence-corrected chi connectivity index (χ3v) is 3.36. The predicted molar refractivity (Wildman–Crippen MR) is 84.7 cm³/mol. The Morgan fingerprint density at radius 3 is 2.57 bits per heavy atom. The minimum Gasteiger partial charge on any atom is -0.457 e. The van der Waals surface area contributed by atoms with Gasteiger partial charge in [0.1, 0.15) is 11.5 Å². The molecule has 0 radical (unpaired) electrons. The number of nitrogens with one attached hydrogen (secondary N) is 1. The molecule has 2 aromatic rings. The molecule has 0 unspecified atom stereocenters. The summed E-state index contributed by atoms with van der Waals surface area (Å²) >= 11 is 3.44. The molecule has 0 saturated carbocycles. The van der Waals surface area contributed by atoms with Crippen molar-refractivity contribution in [2.75, 3.05) is 6.54 Å². The van der Waals surface area contributed by atoms with Gasteiger partial charge < -0.3 is 10.1 Å². The summed E-state index contributed by atoms with van der Waals surface area (Å²) < 4.78 is 6.79. The van der Waals surface area contributed by atoms with Crippen LogP contribution in [-0.4, -0.2) is 11.5 Å². The number of hydrogen-bond acceptors (Lipinski definition) is 4. The minimum absolute atomic E-state index is 0.0472. The Hall–Kier alpha value is -1.92. The lowest BCUT2D eigenvalue weighted by atomic mass is 10.2. The van der Waals surface area contributed by atoms with E-state index in [1.165, 1.54) is 12.1 Å². The predicted octanol–water partition coefficient (Wildman–Crippen LogP) is 4.26. The van der Waals surface area contributed by atoms with E-state index >= 15 is 0 Å². The fourth-order valence-electron chi connectivity index (χ4n) is 1.81. The topological polar surface area (TPSA) is 64.4 Å². The Bertz CT molecular complexity index is 629. The molecule has 6 heteroatoms. The van der Waals surface area contributed by atoms with Gasteiger partial charge in [0, 0.05) is 28.7 Å². The van der Waals surface area contributed by atoms with Gasteiger partial charge in [-0.3, -0.25) is 10.1 Å². The second-order valence-electron chi connectivity index (χ2n) is 4.39. The molecule has 0 aliphatic carbocycles. The van der Waals surface area contributed by atoms with Crippen LogP contribution in [0, 0.1) is 10.1 Å². The summed E-state index contributed by atoms with van der Waals surface area (Å²) in [6.45, 7) is 3.59. The molecule has 2 rings (SSSR count). The first kappa shape index (κ1) is 15.5. The molecule has 21 heavy (non-hydrogen) atoms. The number of nitro groups is 1. The molecule has 5 nitrogen and oxygen atoms in total. The van der Waals surface area contributed by atoms with Crippen LogP contribution in [0.25, 0.3) is 0 Å². The summed E-state index contributed by atoms with van der Waals surface area (Å²) in [4.78, 5) is 10.2. The Morgan fingerprint density at radius 2 is 1.95 bits per heavy atom. The van der Waals surface area contributed by atoms with Crippen LogP contribution in [0.3, 0.4) is 0 Å². The Kier molecular flexibility index (Phi) is 5.30. The zero-order valence-electron chi connectivity index (χ0n) is 11.5. The van der Waals surface area contributed by atoms with Crippen LogP contribution in [0.4, 0.5) is 5.69 Å². The van der Waals surface area contributed by atoms with Crippen molar-refractivity contribution < 1.29 is 9.66 Å². The summed E-state index contributed by atoms with van der Waals surface area (Å²) in [7, 11) is 0. The molecule has 0 aliphatic heterocycles. The maximum absolute atomic E-state index is 10.6. The molecule has 0 bridgehead atoms. The number of rotatable bonds is 6. The first-order chi connectivity index (χ1) is 10.1. The largest absolute Gasteiger partial charge is 0.457 e. The third kappa shape index (κ3) is 4.27. The number of non-ortho nitro benzene ring substituents is 1. The average molecular weight is 351 g/mol. The van der Waals surface area contributed by atoms with Crippen molar-refractivity contribution in [3.8, 4) is 11.5 Å². The Labute approximate surface area is 131 Å². The van der Waals surface area contributed by atoms with Crippen LogP contribution in [0.2, 0.25) is 0 Å². The molecule has 0 saturated heterocycles. The van der Waals surface area contributed by atoms with E-state index in [4.69, 9.17) is 4.74 Å². The van der Waals surface area contributed by atoms with Gasteiger partial charge in [0.2, 0.25) is 0 Å². The van der Waals surface area contributed by atoms with Crippen molar-refractivity contribution in [2.45, 2.75) is 13.5 Å². The number of hydrogen-bond donors (Lipinski definition) is 1. The number of halogens is 1. The Morgan fingerprint density at radius 1 is 1.24 bits per heavy atom. The van der Waals surface area contributed by atoms with E-state index in [1.54, 1.807) is 12.1 Å². The summed E-state index contributed by atoms with van der Waals surface area (Å²) in [5, 5.41) is 13.9. The van der Waals surface area contributed by atoms with E-state index in [0.29, 0.717) is 12.3 Å². The van der Waals surface area contributed by atoms with Crippen LogP contribution in [0.5, 0.6) is 11.5 Å². The van der Waals surface area contributed by atoms with Gasteiger partial charge in [-0.25, -0.2) is 0 Å². The second kappa shape index (κ2) is 7.19. The van der Waals surface area contributed by atoms with Gasteiger partial charge in [-0.1, -0.05) is 22.9 Å². The van der Waals surface area contributed by atoms with Gasteiger partial charge in [-0.15, -0.1) is 0 Å². The second-order valence-corrected chi connectivity index (χ2v) is 5.30. The quantitative estimate of drug-likeness (QED) is 0.624. The van der Waals surface area contributed by atoms with E-state index in [0.717, 1.165) is 22.3 Å². The van der Waals surface area contributed by atoms with Crippen LogP contribution >= 0.6 is 15.9 Å². The lowest BCUT2D eigenvalue weighted by Gasteiger charge is -2.12. The number of nitro benzene ring substituents is 1. The standard InChI is InChI=1S/C15H15BrN2O3/c1-2-17-10-11-9-12(16)3-8-15(11)21-14-6-4-13(5-7-14)18(19)20/h3-9,17H,2,10H2,1H3. The molecular weight excluding hydrogens is 336 g/mol. The van der Waals surface area contributed by atoms with Crippen LogP contribution in [0.15, 0.2) is 46.9 Å². The fourth-order valence-corrected chi connectivity index (χ4v) is 2.22. The van der Waals surface area contributed by atoms with Crippen molar-refractivity contribution in [3.63, 3.8) is 0 Å². The molecule has 0 atom stereocenters. The van der Waals surface area contributed by atoms with E-state index in [9.17, 15) is 10.1 Å². The van der Waals surface area contributed by atoms with Gasteiger partial charge in [0.15, 0.2) is 0 Å². The van der Waals surface area contributed by atoms with Crippen molar-refractivity contribution >= 4 is 21.6 Å². The van der Waals surface area contributed by atoms with Gasteiger partial charge >= 0.3 is 0 Å². The molecule has 2 aromatic carbocycles. The maximum atomic E-state index is 10.6. The van der Waals surface area contributed by atoms with Crippen LogP contribution in [-0.2, 0) is 6.54 Å². The van der Waals surface area contributed by atoms with Crippen molar-refractivity contribution in [2.24, 2.45) is 0 Å². The summed E-state index contributed by atoms with van der Waals surface area (Å²) in [5.74, 6) is 1.30. The van der Waals surface area contributed by atoms with E-state index in [2.05, 4.69) is 21.2 Å². The highest BCUT2D eigenvalue weighted by Crippen LogP contribution is 2.29. The molecule has 0 spiro atoms. The zero-order valence-corrected chi connectivity index (χ0v) is 13.1. The van der Waals surface area contributed by atoms with Gasteiger partial charge in [0.25, 0.3) is 5.69 Å². The highest BCUT2D eigenvalue weighted by atomic mass is 79.9. The normalized spacial score (nSPS) is 10.4. The van der Waals surface area contributed by atoms with Crippen molar-refractivity contribution in [1.82, 2.24) is 5.32 Å². The molecular formula is C15H15BrN2O3. The first-order valence-corrected chi connectivity index (χ1v) is 7.31. The van der Waals surface area contributed by atoms with Crippen molar-refractivity contribution in [1.29, 1.82) is 0 Å². The van der Waals surface area contributed by atoms with Crippen molar-refractivity contribution in [3.05, 3.63) is 62.6 Å². The molecule has 0 aromatic heterocycles. The highest BCUT2D eigenvalue weighted by molar-refractivity contribution is 9.10. The van der Waals surface area contributed by atoms with E-state index in [1.807, 2.05) is 25.1 Å². The van der Waals surface area contributed by atoms with E-state index in [-0.39, 0.29) is 5.69 Å². The summed E-state index contributed by atoms with van der Waals surface area (Å²) in [6, 6.07) is 11.8. The molecule has 0 aliphatic rings. The lowest BCUT2D eigenvalue weighted by Crippen LogP contribution is -2.12. The monoisotopic (exact) mass is 350 g/mol. The van der Waals surface area contributed by atoms with Crippen LogP contribution < -0.4 is 10.1 Å². The third-order valence-electron chi connectivity index (χ3n) is 2.86. The van der Waals surface area contributed by atoms with E-state index < -0.39 is 4.92 Å². The van der Waals surface area contributed by atoms with Gasteiger partial charge in [-0.2, -0.15) is 0 Å². The number of nitrogens with zero attached hydrogens (tertiary/aromatic N) is 1. The molecule has 0 heterocycles. The molecule has 1 N–H and O–H groups in total. The number of ether oxygens (including phenoxy) is 1. The molecule has 0 fully saturated rings. The van der Waals surface area contributed by atoms with Gasteiger partial charge in [0.05, 0.1) is 4.92 Å². The minimum atomic E-state index is -0.431.